The van der Waals surface area contributed by atoms with Crippen LogP contribution in [0.4, 0.5) is 0 Å². The van der Waals surface area contributed by atoms with Gasteiger partial charge in [-0.1, -0.05) is 18.2 Å². The van der Waals surface area contributed by atoms with Crippen molar-refractivity contribution in [3.63, 3.8) is 0 Å². The van der Waals surface area contributed by atoms with E-state index in [1.807, 2.05) is 31.2 Å². The molecule has 1 fully saturated rings. The first kappa shape index (κ1) is 19.8. The first-order chi connectivity index (χ1) is 14.5. The highest BCUT2D eigenvalue weighted by Crippen LogP contribution is 2.29. The molecule has 0 bridgehead atoms. The molecule has 1 aromatic heterocycles. The molecule has 0 atom stereocenters. The average Bonchev–Trinajstić information content (AvgIpc) is 3.14. The molecule has 2 heterocycles. The maximum atomic E-state index is 13.0. The minimum absolute atomic E-state index is 0.0945. The van der Waals surface area contributed by atoms with Gasteiger partial charge in [0, 0.05) is 42.7 Å². The predicted molar refractivity (Wildman–Crippen MR) is 112 cm³/mol. The van der Waals surface area contributed by atoms with E-state index in [2.05, 4.69) is 0 Å². The van der Waals surface area contributed by atoms with Gasteiger partial charge in [0.1, 0.15) is 5.58 Å². The lowest BCUT2D eigenvalue weighted by atomic mass is 10.1. The summed E-state index contributed by atoms with van der Waals surface area (Å²) in [7, 11) is 3.09. The van der Waals surface area contributed by atoms with Crippen molar-refractivity contribution in [1.82, 2.24) is 9.80 Å². The molecule has 0 aliphatic carbocycles. The molecule has 1 aliphatic rings. The smallest absolute Gasteiger partial charge is 0.290 e. The van der Waals surface area contributed by atoms with Crippen molar-refractivity contribution < 1.29 is 23.5 Å². The summed E-state index contributed by atoms with van der Waals surface area (Å²) in [6.45, 7) is 3.72. The zero-order valence-electron chi connectivity index (χ0n) is 17.3. The molecule has 2 aromatic carbocycles. The van der Waals surface area contributed by atoms with Crippen molar-refractivity contribution in [2.24, 2.45) is 0 Å². The van der Waals surface area contributed by atoms with Crippen LogP contribution in [0.15, 0.2) is 46.9 Å². The Bertz CT molecular complexity index is 1100. The number of ether oxygens (including phenoxy) is 2. The fourth-order valence-corrected chi connectivity index (χ4v) is 3.79. The number of methoxy groups -OCH3 is 2. The Balaban J connectivity index is 1.45. The molecule has 7 heteroatoms. The van der Waals surface area contributed by atoms with Gasteiger partial charge in [-0.05, 0) is 31.2 Å². The fraction of sp³-hybridized carbons (Fsp3) is 0.304. The van der Waals surface area contributed by atoms with E-state index < -0.39 is 0 Å². The van der Waals surface area contributed by atoms with E-state index in [0.717, 1.165) is 10.9 Å². The van der Waals surface area contributed by atoms with Gasteiger partial charge >= 0.3 is 0 Å². The van der Waals surface area contributed by atoms with E-state index in [0.29, 0.717) is 54.6 Å². The van der Waals surface area contributed by atoms with Crippen molar-refractivity contribution in [2.75, 3.05) is 40.4 Å². The summed E-state index contributed by atoms with van der Waals surface area (Å²) in [4.78, 5) is 29.4. The van der Waals surface area contributed by atoms with Crippen molar-refractivity contribution in [1.29, 1.82) is 0 Å². The number of nitrogens with zero attached hydrogens (tertiary/aromatic N) is 2. The Labute approximate surface area is 174 Å². The molecular formula is C23H24N2O5. The van der Waals surface area contributed by atoms with Crippen LogP contribution < -0.4 is 9.47 Å². The second kappa shape index (κ2) is 8.10. The third kappa shape index (κ3) is 3.47. The SMILES string of the molecule is COc1ccc(C(=O)N2CCN(C(=O)c3oc4ccccc4c3C)CC2)cc1OC. The number of hydrogen-bond donors (Lipinski definition) is 0. The lowest BCUT2D eigenvalue weighted by molar-refractivity contribution is 0.0518. The van der Waals surface area contributed by atoms with E-state index in [-0.39, 0.29) is 11.8 Å². The summed E-state index contributed by atoms with van der Waals surface area (Å²) in [5.41, 5.74) is 2.08. The standard InChI is InChI=1S/C23H24N2O5/c1-15-17-6-4-5-7-18(17)30-21(15)23(27)25-12-10-24(11-13-25)22(26)16-8-9-19(28-2)20(14-16)29-3/h4-9,14H,10-13H2,1-3H3. The minimum atomic E-state index is -0.137. The van der Waals surface area contributed by atoms with Crippen LogP contribution in [-0.2, 0) is 0 Å². The Morgan fingerprint density at radius 2 is 1.50 bits per heavy atom. The summed E-state index contributed by atoms with van der Waals surface area (Å²) in [6, 6.07) is 12.7. The number of carbonyl (C=O) groups is 2. The molecule has 0 N–H and O–H groups in total. The van der Waals surface area contributed by atoms with Gasteiger partial charge in [0.05, 0.1) is 14.2 Å². The normalized spacial score (nSPS) is 14.1. The maximum absolute atomic E-state index is 13.0. The third-order valence-corrected chi connectivity index (χ3v) is 5.52. The summed E-state index contributed by atoms with van der Waals surface area (Å²) >= 11 is 0. The molecule has 156 valence electrons. The summed E-state index contributed by atoms with van der Waals surface area (Å²) in [5.74, 6) is 1.23. The zero-order valence-corrected chi connectivity index (χ0v) is 17.3. The van der Waals surface area contributed by atoms with Crippen LogP contribution in [0.2, 0.25) is 0 Å². The molecule has 0 spiro atoms. The van der Waals surface area contributed by atoms with Gasteiger partial charge in [0.25, 0.3) is 11.8 Å². The van der Waals surface area contributed by atoms with Crippen molar-refractivity contribution in [2.45, 2.75) is 6.92 Å². The predicted octanol–water partition coefficient (Wildman–Crippen LogP) is 3.36. The quantitative estimate of drug-likeness (QED) is 0.662. The second-order valence-electron chi connectivity index (χ2n) is 7.21. The van der Waals surface area contributed by atoms with Crippen LogP contribution in [0.25, 0.3) is 11.0 Å². The lowest BCUT2D eigenvalue weighted by Gasteiger charge is -2.34. The zero-order chi connectivity index (χ0) is 21.3. The number of carbonyl (C=O) groups excluding carboxylic acids is 2. The molecule has 1 aliphatic heterocycles. The number of rotatable bonds is 4. The van der Waals surface area contributed by atoms with Crippen LogP contribution >= 0.6 is 0 Å². The monoisotopic (exact) mass is 408 g/mol. The third-order valence-electron chi connectivity index (χ3n) is 5.52. The summed E-state index contributed by atoms with van der Waals surface area (Å²) < 4.78 is 16.3. The molecule has 0 unspecified atom stereocenters. The van der Waals surface area contributed by atoms with E-state index in [4.69, 9.17) is 13.9 Å². The van der Waals surface area contributed by atoms with Gasteiger partial charge in [0.2, 0.25) is 0 Å². The number of furan rings is 1. The first-order valence-corrected chi connectivity index (χ1v) is 9.82. The number of fused-ring (bicyclic) bond motifs is 1. The first-order valence-electron chi connectivity index (χ1n) is 9.82. The molecule has 3 aromatic rings. The van der Waals surface area contributed by atoms with Crippen molar-refractivity contribution in [3.05, 3.63) is 59.4 Å². The number of para-hydroxylation sites is 1. The Morgan fingerprint density at radius 3 is 2.13 bits per heavy atom. The number of benzene rings is 2. The number of hydrogen-bond acceptors (Lipinski definition) is 5. The molecule has 0 saturated carbocycles. The van der Waals surface area contributed by atoms with Crippen LogP contribution in [0.1, 0.15) is 26.5 Å². The van der Waals surface area contributed by atoms with Gasteiger partial charge in [0.15, 0.2) is 17.3 Å². The van der Waals surface area contributed by atoms with Gasteiger partial charge in [-0.15, -0.1) is 0 Å². The van der Waals surface area contributed by atoms with Gasteiger partial charge in [-0.25, -0.2) is 0 Å². The summed E-state index contributed by atoms with van der Waals surface area (Å²) in [5, 5.41) is 0.947. The van der Waals surface area contributed by atoms with E-state index >= 15 is 0 Å². The van der Waals surface area contributed by atoms with Crippen LogP contribution in [-0.4, -0.2) is 62.0 Å². The van der Waals surface area contributed by atoms with Gasteiger partial charge in [-0.3, -0.25) is 9.59 Å². The Morgan fingerprint density at radius 1 is 0.867 bits per heavy atom. The molecule has 30 heavy (non-hydrogen) atoms. The number of amides is 2. The minimum Gasteiger partial charge on any atom is -0.493 e. The highest BCUT2D eigenvalue weighted by Gasteiger charge is 2.29. The average molecular weight is 408 g/mol. The number of piperazine rings is 1. The highest BCUT2D eigenvalue weighted by atomic mass is 16.5. The van der Waals surface area contributed by atoms with Crippen molar-refractivity contribution >= 4 is 22.8 Å². The van der Waals surface area contributed by atoms with E-state index in [1.54, 1.807) is 35.1 Å². The van der Waals surface area contributed by atoms with Crippen LogP contribution in [0.5, 0.6) is 11.5 Å². The molecule has 4 rings (SSSR count). The Kier molecular flexibility index (Phi) is 5.35. The lowest BCUT2D eigenvalue weighted by Crippen LogP contribution is -2.50. The van der Waals surface area contributed by atoms with E-state index in [1.165, 1.54) is 7.11 Å². The van der Waals surface area contributed by atoms with Crippen molar-refractivity contribution in [3.8, 4) is 11.5 Å². The van der Waals surface area contributed by atoms with E-state index in [9.17, 15) is 9.59 Å². The molecule has 2 amide bonds. The molecular weight excluding hydrogens is 384 g/mol. The Hall–Kier alpha value is -3.48. The maximum Gasteiger partial charge on any atom is 0.290 e. The van der Waals surface area contributed by atoms with Crippen LogP contribution in [0, 0.1) is 6.92 Å². The number of aryl methyl sites for hydroxylation is 1. The highest BCUT2D eigenvalue weighted by molar-refractivity contribution is 5.99. The van der Waals surface area contributed by atoms with Crippen LogP contribution in [0.3, 0.4) is 0 Å². The van der Waals surface area contributed by atoms with Gasteiger partial charge in [-0.2, -0.15) is 0 Å². The second-order valence-corrected chi connectivity index (χ2v) is 7.21. The summed E-state index contributed by atoms with van der Waals surface area (Å²) in [6.07, 6.45) is 0. The molecule has 1 saturated heterocycles. The topological polar surface area (TPSA) is 72.2 Å². The fourth-order valence-electron chi connectivity index (χ4n) is 3.79. The molecule has 7 nitrogen and oxygen atoms in total. The molecule has 0 radical (unpaired) electrons. The van der Waals surface area contributed by atoms with Gasteiger partial charge < -0.3 is 23.7 Å². The largest absolute Gasteiger partial charge is 0.493 e.